The zero-order valence-electron chi connectivity index (χ0n) is 12.4. The maximum atomic E-state index is 12.0. The molecule has 0 aliphatic rings. The molecule has 1 atom stereocenters. The van der Waals surface area contributed by atoms with Crippen molar-refractivity contribution in [3.63, 3.8) is 0 Å². The Morgan fingerprint density at radius 3 is 2.38 bits per heavy atom. The van der Waals surface area contributed by atoms with Gasteiger partial charge in [0.25, 0.3) is 0 Å². The van der Waals surface area contributed by atoms with Crippen molar-refractivity contribution in [3.8, 4) is 5.75 Å². The fourth-order valence-corrected chi connectivity index (χ4v) is 1.82. The van der Waals surface area contributed by atoms with Gasteiger partial charge in [-0.05, 0) is 44.0 Å². The number of nitrogens with one attached hydrogen (secondary N) is 1. The van der Waals surface area contributed by atoms with E-state index >= 15 is 0 Å². The van der Waals surface area contributed by atoms with Crippen LogP contribution in [0.25, 0.3) is 0 Å². The van der Waals surface area contributed by atoms with Crippen LogP contribution in [-0.2, 0) is 4.74 Å². The van der Waals surface area contributed by atoms with Crippen molar-refractivity contribution in [2.24, 2.45) is 0 Å². The fraction of sp³-hybridized carbons (Fsp3) is 0.600. The normalized spacial score (nSPS) is 13.2. The van der Waals surface area contributed by atoms with Gasteiger partial charge in [0.05, 0.1) is 0 Å². The molecule has 120 valence electrons. The van der Waals surface area contributed by atoms with E-state index in [0.29, 0.717) is 6.61 Å². The van der Waals surface area contributed by atoms with Crippen molar-refractivity contribution in [1.29, 1.82) is 0 Å². The molecule has 1 aromatic rings. The summed E-state index contributed by atoms with van der Waals surface area (Å²) >= 11 is 0. The quantitative estimate of drug-likeness (QED) is 0.698. The van der Waals surface area contributed by atoms with E-state index in [0.717, 1.165) is 31.6 Å². The van der Waals surface area contributed by atoms with Crippen LogP contribution in [0.4, 0.5) is 13.2 Å². The molecule has 0 aromatic heterocycles. The van der Waals surface area contributed by atoms with Gasteiger partial charge in [0.2, 0.25) is 0 Å². The minimum absolute atomic E-state index is 0.0658. The van der Waals surface area contributed by atoms with E-state index in [1.54, 1.807) is 12.1 Å². The summed E-state index contributed by atoms with van der Waals surface area (Å²) in [6, 6.07) is 5.98. The van der Waals surface area contributed by atoms with Gasteiger partial charge in [0, 0.05) is 19.3 Å². The van der Waals surface area contributed by atoms with Crippen LogP contribution in [0.1, 0.15) is 38.3 Å². The minimum Gasteiger partial charge on any atom is -0.406 e. The monoisotopic (exact) mass is 305 g/mol. The molecule has 0 spiro atoms. The van der Waals surface area contributed by atoms with Crippen LogP contribution in [0.15, 0.2) is 24.3 Å². The zero-order chi connectivity index (χ0) is 15.7. The summed E-state index contributed by atoms with van der Waals surface area (Å²) < 4.78 is 45.3. The highest BCUT2D eigenvalue weighted by atomic mass is 19.4. The first-order valence-electron chi connectivity index (χ1n) is 7.09. The average Bonchev–Trinajstić information content (AvgIpc) is 2.41. The third-order valence-electron chi connectivity index (χ3n) is 2.88. The molecule has 1 aromatic carbocycles. The van der Waals surface area contributed by atoms with Gasteiger partial charge in [-0.3, -0.25) is 0 Å². The van der Waals surface area contributed by atoms with Gasteiger partial charge in [0.15, 0.2) is 0 Å². The van der Waals surface area contributed by atoms with Crippen molar-refractivity contribution in [3.05, 3.63) is 29.8 Å². The molecule has 0 radical (unpaired) electrons. The molecule has 0 bridgehead atoms. The summed E-state index contributed by atoms with van der Waals surface area (Å²) in [5.41, 5.74) is 0.916. The second-order valence-electron chi connectivity index (χ2n) is 4.76. The predicted molar refractivity (Wildman–Crippen MR) is 75.3 cm³/mol. The molecule has 0 aliphatic carbocycles. The summed E-state index contributed by atoms with van der Waals surface area (Å²) in [7, 11) is 0. The predicted octanol–water partition coefficient (Wildman–Crippen LogP) is 4.05. The first-order chi connectivity index (χ1) is 9.92. The van der Waals surface area contributed by atoms with Crippen molar-refractivity contribution in [2.45, 2.75) is 39.1 Å². The van der Waals surface area contributed by atoms with E-state index in [4.69, 9.17) is 4.74 Å². The second kappa shape index (κ2) is 8.89. The zero-order valence-corrected chi connectivity index (χ0v) is 12.4. The Balaban J connectivity index is 2.32. The molecule has 0 heterocycles. The number of alkyl halides is 3. The molecule has 3 nitrogen and oxygen atoms in total. The first kappa shape index (κ1) is 17.8. The maximum Gasteiger partial charge on any atom is 0.573 e. The van der Waals surface area contributed by atoms with Crippen LogP contribution in [0.2, 0.25) is 0 Å². The summed E-state index contributed by atoms with van der Waals surface area (Å²) in [6.45, 7) is 6.31. The fourth-order valence-electron chi connectivity index (χ4n) is 1.82. The lowest BCUT2D eigenvalue weighted by atomic mass is 10.1. The van der Waals surface area contributed by atoms with E-state index in [-0.39, 0.29) is 11.8 Å². The molecule has 0 amide bonds. The Hall–Kier alpha value is -1.27. The van der Waals surface area contributed by atoms with Gasteiger partial charge in [-0.2, -0.15) is 0 Å². The SMILES string of the molecule is CCCOCCCNC(C)c1ccc(OC(F)(F)F)cc1. The second-order valence-corrected chi connectivity index (χ2v) is 4.76. The van der Waals surface area contributed by atoms with Crippen LogP contribution in [-0.4, -0.2) is 26.1 Å². The van der Waals surface area contributed by atoms with Crippen molar-refractivity contribution in [1.82, 2.24) is 5.32 Å². The third-order valence-corrected chi connectivity index (χ3v) is 2.88. The molecule has 1 N–H and O–H groups in total. The van der Waals surface area contributed by atoms with Crippen molar-refractivity contribution < 1.29 is 22.6 Å². The molecule has 21 heavy (non-hydrogen) atoms. The largest absolute Gasteiger partial charge is 0.573 e. The molecule has 0 aliphatic heterocycles. The smallest absolute Gasteiger partial charge is 0.406 e. The van der Waals surface area contributed by atoms with Gasteiger partial charge < -0.3 is 14.8 Å². The Labute approximate surface area is 123 Å². The first-order valence-corrected chi connectivity index (χ1v) is 7.09. The van der Waals surface area contributed by atoms with Gasteiger partial charge in [-0.25, -0.2) is 0 Å². The van der Waals surface area contributed by atoms with E-state index in [1.165, 1.54) is 12.1 Å². The Morgan fingerprint density at radius 1 is 1.14 bits per heavy atom. The highest BCUT2D eigenvalue weighted by Gasteiger charge is 2.30. The molecular formula is C15H22F3NO2. The van der Waals surface area contributed by atoms with Gasteiger partial charge in [-0.15, -0.1) is 13.2 Å². The van der Waals surface area contributed by atoms with Crippen LogP contribution >= 0.6 is 0 Å². The lowest BCUT2D eigenvalue weighted by Gasteiger charge is -2.15. The summed E-state index contributed by atoms with van der Waals surface area (Å²) in [6.07, 6.45) is -2.74. The number of hydrogen-bond acceptors (Lipinski definition) is 3. The van der Waals surface area contributed by atoms with E-state index in [1.807, 2.05) is 6.92 Å². The van der Waals surface area contributed by atoms with E-state index < -0.39 is 6.36 Å². The van der Waals surface area contributed by atoms with Gasteiger partial charge >= 0.3 is 6.36 Å². The highest BCUT2D eigenvalue weighted by molar-refractivity contribution is 5.29. The molecule has 0 saturated carbocycles. The van der Waals surface area contributed by atoms with Gasteiger partial charge in [0.1, 0.15) is 5.75 Å². The third kappa shape index (κ3) is 7.92. The Kier molecular flexibility index (Phi) is 7.53. The summed E-state index contributed by atoms with van der Waals surface area (Å²) in [5, 5.41) is 3.30. The van der Waals surface area contributed by atoms with E-state index in [9.17, 15) is 13.2 Å². The Bertz CT molecular complexity index is 393. The lowest BCUT2D eigenvalue weighted by Crippen LogP contribution is -2.21. The molecule has 0 fully saturated rings. The topological polar surface area (TPSA) is 30.5 Å². The average molecular weight is 305 g/mol. The van der Waals surface area contributed by atoms with Crippen LogP contribution in [0.3, 0.4) is 0 Å². The van der Waals surface area contributed by atoms with E-state index in [2.05, 4.69) is 17.0 Å². The standard InChI is InChI=1S/C15H22F3NO2/c1-3-10-20-11-4-9-19-12(2)13-5-7-14(8-6-13)21-15(16,17)18/h5-8,12,19H,3-4,9-11H2,1-2H3. The van der Waals surface area contributed by atoms with Crippen molar-refractivity contribution in [2.75, 3.05) is 19.8 Å². The number of benzene rings is 1. The Morgan fingerprint density at radius 2 is 1.81 bits per heavy atom. The summed E-state index contributed by atoms with van der Waals surface area (Å²) in [4.78, 5) is 0. The molecule has 1 unspecified atom stereocenters. The summed E-state index contributed by atoms with van der Waals surface area (Å²) in [5.74, 6) is -0.202. The van der Waals surface area contributed by atoms with Crippen LogP contribution in [0.5, 0.6) is 5.75 Å². The molecular weight excluding hydrogens is 283 g/mol. The number of ether oxygens (including phenoxy) is 2. The van der Waals surface area contributed by atoms with Crippen LogP contribution < -0.4 is 10.1 Å². The maximum absolute atomic E-state index is 12.0. The van der Waals surface area contributed by atoms with Gasteiger partial charge in [-0.1, -0.05) is 19.1 Å². The lowest BCUT2D eigenvalue weighted by molar-refractivity contribution is -0.274. The number of hydrogen-bond donors (Lipinski definition) is 1. The number of halogens is 3. The minimum atomic E-state index is -4.65. The number of rotatable bonds is 9. The van der Waals surface area contributed by atoms with Crippen LogP contribution in [0, 0.1) is 0 Å². The van der Waals surface area contributed by atoms with Crippen molar-refractivity contribution >= 4 is 0 Å². The molecule has 1 rings (SSSR count). The highest BCUT2D eigenvalue weighted by Crippen LogP contribution is 2.24. The molecule has 6 heteroatoms. The molecule has 0 saturated heterocycles.